The van der Waals surface area contributed by atoms with Crippen molar-refractivity contribution in [2.24, 2.45) is 0 Å². The molecule has 2 aromatic rings. The highest BCUT2D eigenvalue weighted by Gasteiger charge is 2.17. The largest absolute Gasteiger partial charge is 0.352 e. The number of fused-ring (bicyclic) bond motifs is 1. The van der Waals surface area contributed by atoms with E-state index in [0.717, 1.165) is 10.9 Å². The molecule has 0 radical (unpaired) electrons. The summed E-state index contributed by atoms with van der Waals surface area (Å²) in [6.45, 7) is 3.82. The van der Waals surface area contributed by atoms with Crippen LogP contribution >= 0.6 is 0 Å². The summed E-state index contributed by atoms with van der Waals surface area (Å²) in [5.41, 5.74) is 1.40. The highest BCUT2D eigenvalue weighted by Crippen LogP contribution is 2.15. The molecule has 0 unspecified atom stereocenters. The number of hydrogen-bond acceptors (Lipinski definition) is 2. The maximum atomic E-state index is 12.3. The third-order valence-electron chi connectivity index (χ3n) is 2.94. The molecule has 1 heterocycles. The molecule has 0 fully saturated rings. The lowest BCUT2D eigenvalue weighted by Gasteiger charge is -2.17. The number of aromatic nitrogens is 1. The van der Waals surface area contributed by atoms with E-state index in [1.807, 2.05) is 38.1 Å². The van der Waals surface area contributed by atoms with Gasteiger partial charge in [-0.3, -0.25) is 9.59 Å². The van der Waals surface area contributed by atoms with Crippen LogP contribution in [0.4, 0.5) is 0 Å². The summed E-state index contributed by atoms with van der Waals surface area (Å²) in [6.07, 6.45) is 0. The Morgan fingerprint density at radius 2 is 2.00 bits per heavy atom. The van der Waals surface area contributed by atoms with Crippen molar-refractivity contribution in [3.63, 3.8) is 0 Å². The smallest absolute Gasteiger partial charge is 0.270 e. The Morgan fingerprint density at radius 1 is 1.30 bits per heavy atom. The molecule has 1 aromatic heterocycles. The van der Waals surface area contributed by atoms with E-state index in [2.05, 4.69) is 10.3 Å². The standard InChI is InChI=1S/C15H19N3O2/c1-10(2)16-14(19)9-18(3)15(20)13-8-11-6-4-5-7-12(11)17-13/h4-8,10,17H,9H2,1-3H3,(H,16,19). The fourth-order valence-corrected chi connectivity index (χ4v) is 2.05. The van der Waals surface area contributed by atoms with Gasteiger partial charge in [0, 0.05) is 24.0 Å². The quantitative estimate of drug-likeness (QED) is 0.891. The molecule has 0 aliphatic carbocycles. The van der Waals surface area contributed by atoms with Gasteiger partial charge in [0.05, 0.1) is 6.54 Å². The van der Waals surface area contributed by atoms with Crippen molar-refractivity contribution in [2.75, 3.05) is 13.6 Å². The zero-order valence-corrected chi connectivity index (χ0v) is 11.9. The summed E-state index contributed by atoms with van der Waals surface area (Å²) in [5, 5.41) is 3.75. The van der Waals surface area contributed by atoms with E-state index in [0.29, 0.717) is 5.69 Å². The molecule has 0 saturated carbocycles. The van der Waals surface area contributed by atoms with Gasteiger partial charge in [0.15, 0.2) is 0 Å². The van der Waals surface area contributed by atoms with Gasteiger partial charge in [-0.05, 0) is 26.0 Å². The first-order valence-corrected chi connectivity index (χ1v) is 6.60. The topological polar surface area (TPSA) is 65.2 Å². The van der Waals surface area contributed by atoms with Crippen molar-refractivity contribution in [2.45, 2.75) is 19.9 Å². The van der Waals surface area contributed by atoms with Crippen LogP contribution in [-0.2, 0) is 4.79 Å². The molecule has 0 aliphatic heterocycles. The number of nitrogens with zero attached hydrogens (tertiary/aromatic N) is 1. The number of likely N-dealkylation sites (N-methyl/N-ethyl adjacent to an activating group) is 1. The Balaban J connectivity index is 2.08. The molecular weight excluding hydrogens is 254 g/mol. The zero-order chi connectivity index (χ0) is 14.7. The van der Waals surface area contributed by atoms with Gasteiger partial charge >= 0.3 is 0 Å². The van der Waals surface area contributed by atoms with E-state index in [9.17, 15) is 9.59 Å². The molecule has 20 heavy (non-hydrogen) atoms. The first kappa shape index (κ1) is 14.1. The number of H-pyrrole nitrogens is 1. The second-order valence-corrected chi connectivity index (χ2v) is 5.15. The highest BCUT2D eigenvalue weighted by atomic mass is 16.2. The molecule has 2 amide bonds. The van der Waals surface area contributed by atoms with Gasteiger partial charge in [-0.2, -0.15) is 0 Å². The number of nitrogens with one attached hydrogen (secondary N) is 2. The molecule has 2 rings (SSSR count). The number of aromatic amines is 1. The average Bonchev–Trinajstić information content (AvgIpc) is 2.80. The minimum Gasteiger partial charge on any atom is -0.352 e. The molecule has 0 aliphatic rings. The van der Waals surface area contributed by atoms with E-state index in [1.165, 1.54) is 4.90 Å². The van der Waals surface area contributed by atoms with Crippen LogP contribution in [-0.4, -0.2) is 41.3 Å². The summed E-state index contributed by atoms with van der Waals surface area (Å²) >= 11 is 0. The van der Waals surface area contributed by atoms with E-state index >= 15 is 0 Å². The van der Waals surface area contributed by atoms with Crippen molar-refractivity contribution in [3.05, 3.63) is 36.0 Å². The maximum Gasteiger partial charge on any atom is 0.270 e. The number of carbonyl (C=O) groups excluding carboxylic acids is 2. The van der Waals surface area contributed by atoms with Gasteiger partial charge in [0.1, 0.15) is 5.69 Å². The molecule has 0 spiro atoms. The molecule has 0 atom stereocenters. The Morgan fingerprint density at radius 3 is 2.65 bits per heavy atom. The summed E-state index contributed by atoms with van der Waals surface area (Å²) in [7, 11) is 1.62. The van der Waals surface area contributed by atoms with E-state index < -0.39 is 0 Å². The fraction of sp³-hybridized carbons (Fsp3) is 0.333. The summed E-state index contributed by atoms with van der Waals surface area (Å²) < 4.78 is 0. The molecule has 0 saturated heterocycles. The van der Waals surface area contributed by atoms with Crippen LogP contribution in [0.25, 0.3) is 10.9 Å². The predicted molar refractivity (Wildman–Crippen MR) is 78.5 cm³/mol. The molecule has 2 N–H and O–H groups in total. The van der Waals surface area contributed by atoms with Crippen molar-refractivity contribution >= 4 is 22.7 Å². The van der Waals surface area contributed by atoms with Crippen molar-refractivity contribution < 1.29 is 9.59 Å². The predicted octanol–water partition coefficient (Wildman–Crippen LogP) is 1.76. The lowest BCUT2D eigenvalue weighted by Crippen LogP contribution is -2.40. The van der Waals surface area contributed by atoms with Crippen LogP contribution in [0.1, 0.15) is 24.3 Å². The first-order chi connectivity index (χ1) is 9.47. The summed E-state index contributed by atoms with van der Waals surface area (Å²) in [5.74, 6) is -0.355. The highest BCUT2D eigenvalue weighted by molar-refractivity contribution is 5.99. The Bertz CT molecular complexity index is 598. The number of rotatable bonds is 4. The van der Waals surface area contributed by atoms with Gasteiger partial charge in [0.25, 0.3) is 5.91 Å². The van der Waals surface area contributed by atoms with E-state index in [4.69, 9.17) is 0 Å². The second-order valence-electron chi connectivity index (χ2n) is 5.15. The molecule has 0 bridgehead atoms. The lowest BCUT2D eigenvalue weighted by molar-refractivity contribution is -0.122. The average molecular weight is 273 g/mol. The maximum absolute atomic E-state index is 12.3. The van der Waals surface area contributed by atoms with Crippen molar-refractivity contribution in [1.82, 2.24) is 15.2 Å². The third kappa shape index (κ3) is 3.17. The summed E-state index contributed by atoms with van der Waals surface area (Å²) in [4.78, 5) is 28.4. The Hall–Kier alpha value is -2.30. The fourth-order valence-electron chi connectivity index (χ4n) is 2.05. The zero-order valence-electron chi connectivity index (χ0n) is 11.9. The van der Waals surface area contributed by atoms with Crippen LogP contribution in [0.15, 0.2) is 30.3 Å². The number of hydrogen-bond donors (Lipinski definition) is 2. The molecule has 5 heteroatoms. The van der Waals surface area contributed by atoms with Crippen LogP contribution in [0.3, 0.4) is 0 Å². The summed E-state index contributed by atoms with van der Waals surface area (Å²) in [6, 6.07) is 9.55. The number of amides is 2. The second kappa shape index (κ2) is 5.77. The van der Waals surface area contributed by atoms with Gasteiger partial charge in [-0.15, -0.1) is 0 Å². The molecule has 5 nitrogen and oxygen atoms in total. The van der Waals surface area contributed by atoms with Gasteiger partial charge in [0.2, 0.25) is 5.91 Å². The molecule has 106 valence electrons. The minimum atomic E-state index is -0.194. The SMILES string of the molecule is CC(C)NC(=O)CN(C)C(=O)c1cc2ccccc2[nH]1. The molecule has 1 aromatic carbocycles. The minimum absolute atomic E-state index is 0.0480. The Labute approximate surface area is 118 Å². The number of carbonyl (C=O) groups is 2. The number of para-hydroxylation sites is 1. The van der Waals surface area contributed by atoms with E-state index in [1.54, 1.807) is 13.1 Å². The van der Waals surface area contributed by atoms with Gasteiger partial charge < -0.3 is 15.2 Å². The van der Waals surface area contributed by atoms with Crippen LogP contribution in [0.2, 0.25) is 0 Å². The normalized spacial score (nSPS) is 10.8. The van der Waals surface area contributed by atoms with Crippen molar-refractivity contribution in [3.8, 4) is 0 Å². The van der Waals surface area contributed by atoms with Crippen LogP contribution in [0.5, 0.6) is 0 Å². The van der Waals surface area contributed by atoms with Gasteiger partial charge in [-0.25, -0.2) is 0 Å². The monoisotopic (exact) mass is 273 g/mol. The molecular formula is C15H19N3O2. The first-order valence-electron chi connectivity index (χ1n) is 6.60. The third-order valence-corrected chi connectivity index (χ3v) is 2.94. The van der Waals surface area contributed by atoms with Crippen LogP contribution < -0.4 is 5.32 Å². The van der Waals surface area contributed by atoms with Crippen LogP contribution in [0, 0.1) is 0 Å². The number of benzene rings is 1. The Kier molecular flexibility index (Phi) is 4.08. The lowest BCUT2D eigenvalue weighted by atomic mass is 10.2. The van der Waals surface area contributed by atoms with Gasteiger partial charge in [-0.1, -0.05) is 18.2 Å². The van der Waals surface area contributed by atoms with Crippen molar-refractivity contribution in [1.29, 1.82) is 0 Å². The van der Waals surface area contributed by atoms with E-state index in [-0.39, 0.29) is 24.4 Å².